The minimum atomic E-state index is -0.582. The van der Waals surface area contributed by atoms with Crippen LogP contribution in [-0.2, 0) is 9.47 Å². The number of carbonyl (C=O) groups excluding carboxylic acids is 1. The van der Waals surface area contributed by atoms with Gasteiger partial charge in [0, 0.05) is 0 Å². The quantitative estimate of drug-likeness (QED) is 0.589. The van der Waals surface area contributed by atoms with Gasteiger partial charge in [0.15, 0.2) is 0 Å². The molecular weight excluding hydrogens is 144 g/mol. The first-order valence-corrected chi connectivity index (χ1v) is 3.82. The lowest BCUT2D eigenvalue weighted by molar-refractivity contribution is 0.0322. The second-order valence-electron chi connectivity index (χ2n) is 2.26. The number of hydrogen-bond acceptors (Lipinski definition) is 3. The van der Waals surface area contributed by atoms with Gasteiger partial charge in [-0.05, 0) is 26.7 Å². The van der Waals surface area contributed by atoms with Crippen molar-refractivity contribution in [2.45, 2.75) is 33.3 Å². The average molecular weight is 159 g/mol. The van der Waals surface area contributed by atoms with Crippen molar-refractivity contribution >= 4 is 6.16 Å². The number of ether oxygens (including phenoxy) is 2. The van der Waals surface area contributed by atoms with Crippen molar-refractivity contribution in [3.8, 4) is 0 Å². The molecule has 0 aromatic rings. The van der Waals surface area contributed by atoms with E-state index >= 15 is 0 Å². The minimum absolute atomic E-state index is 0.0842. The molecule has 1 atom stereocenters. The first-order valence-electron chi connectivity index (χ1n) is 3.82. The van der Waals surface area contributed by atoms with E-state index in [9.17, 15) is 4.79 Å². The highest BCUT2D eigenvalue weighted by atomic mass is 16.7. The Bertz CT molecular complexity index is 112. The first kappa shape index (κ1) is 10.3. The van der Waals surface area contributed by atoms with Crippen LogP contribution in [0.1, 0.15) is 27.2 Å². The van der Waals surface area contributed by atoms with Gasteiger partial charge in [0.2, 0.25) is 0 Å². The molecule has 11 heavy (non-hydrogen) atoms. The van der Waals surface area contributed by atoms with Crippen LogP contribution in [0.4, 0.5) is 4.79 Å². The molecule has 3 nitrogen and oxygen atoms in total. The predicted octanol–water partition coefficient (Wildman–Crippen LogP) is 2.16. The number of carbonyl (C=O) groups is 1. The molecule has 0 amide bonds. The summed E-state index contributed by atoms with van der Waals surface area (Å²) in [5, 5.41) is 0. The second-order valence-corrected chi connectivity index (χ2v) is 2.26. The van der Waals surface area contributed by atoms with Gasteiger partial charge in [-0.1, -0.05) is 6.92 Å². The molecule has 0 spiro atoms. The van der Waals surface area contributed by atoms with Crippen LogP contribution in [0.15, 0.2) is 0 Å². The summed E-state index contributed by atoms with van der Waals surface area (Å²) < 4.78 is 9.42. The van der Waals surface area contributed by atoms with Gasteiger partial charge in [-0.25, -0.2) is 4.79 Å². The zero-order valence-electron chi connectivity index (χ0n) is 7.29. The highest BCUT2D eigenvalue weighted by Gasteiger charge is 2.07. The van der Waals surface area contributed by atoms with E-state index in [1.54, 1.807) is 6.92 Å². The molecule has 0 aliphatic rings. The van der Waals surface area contributed by atoms with Crippen molar-refractivity contribution in [2.24, 2.45) is 0 Å². The molecule has 0 aromatic heterocycles. The van der Waals surface area contributed by atoms with Gasteiger partial charge in [-0.15, -0.1) is 0 Å². The normalized spacial score (nSPS) is 12.3. The van der Waals surface area contributed by atoms with Crippen LogP contribution in [0.25, 0.3) is 0 Å². The van der Waals surface area contributed by atoms with E-state index in [2.05, 4.69) is 4.74 Å². The molecule has 0 N–H and O–H groups in total. The van der Waals surface area contributed by atoms with Crippen LogP contribution in [0.2, 0.25) is 0 Å². The molecule has 3 heteroatoms. The SMILES string of the molecule is C[CH]CC(C)OC(=O)OCC. The van der Waals surface area contributed by atoms with Crippen molar-refractivity contribution in [2.75, 3.05) is 6.61 Å². The van der Waals surface area contributed by atoms with Crippen LogP contribution in [0.3, 0.4) is 0 Å². The Labute approximate surface area is 67.7 Å². The lowest BCUT2D eigenvalue weighted by atomic mass is 10.2. The Hall–Kier alpha value is -0.730. The Morgan fingerprint density at radius 2 is 2.27 bits per heavy atom. The van der Waals surface area contributed by atoms with Crippen molar-refractivity contribution < 1.29 is 14.3 Å². The zero-order valence-corrected chi connectivity index (χ0v) is 7.29. The maximum absolute atomic E-state index is 10.7. The van der Waals surface area contributed by atoms with E-state index in [-0.39, 0.29) is 6.10 Å². The lowest BCUT2D eigenvalue weighted by Crippen LogP contribution is -2.15. The smallest absolute Gasteiger partial charge is 0.435 e. The molecular formula is C8H15O3. The fourth-order valence-corrected chi connectivity index (χ4v) is 0.696. The van der Waals surface area contributed by atoms with Crippen LogP contribution in [0, 0.1) is 6.42 Å². The van der Waals surface area contributed by atoms with Crippen molar-refractivity contribution in [1.29, 1.82) is 0 Å². The standard InChI is InChI=1S/C8H15O3/c1-4-6-7(3)11-8(9)10-5-2/h4,7H,5-6H2,1-3H3. The molecule has 0 heterocycles. The van der Waals surface area contributed by atoms with Crippen molar-refractivity contribution in [1.82, 2.24) is 0 Å². The Kier molecular flexibility index (Phi) is 5.61. The third-order valence-electron chi connectivity index (χ3n) is 1.13. The topological polar surface area (TPSA) is 35.5 Å². The molecule has 0 aromatic carbocycles. The van der Waals surface area contributed by atoms with Crippen molar-refractivity contribution in [3.63, 3.8) is 0 Å². The molecule has 0 rings (SSSR count). The van der Waals surface area contributed by atoms with Gasteiger partial charge >= 0.3 is 6.16 Å². The Morgan fingerprint density at radius 1 is 1.64 bits per heavy atom. The molecule has 0 saturated carbocycles. The second kappa shape index (κ2) is 6.01. The molecule has 0 bridgehead atoms. The fourth-order valence-electron chi connectivity index (χ4n) is 0.696. The van der Waals surface area contributed by atoms with Crippen LogP contribution in [-0.4, -0.2) is 18.9 Å². The maximum Gasteiger partial charge on any atom is 0.508 e. The molecule has 0 aliphatic heterocycles. The lowest BCUT2D eigenvalue weighted by Gasteiger charge is -2.10. The zero-order chi connectivity index (χ0) is 8.69. The molecule has 1 unspecified atom stereocenters. The van der Waals surface area contributed by atoms with E-state index in [1.807, 2.05) is 20.3 Å². The third-order valence-corrected chi connectivity index (χ3v) is 1.13. The number of hydrogen-bond donors (Lipinski definition) is 0. The van der Waals surface area contributed by atoms with Crippen LogP contribution < -0.4 is 0 Å². The third kappa shape index (κ3) is 5.70. The summed E-state index contributed by atoms with van der Waals surface area (Å²) >= 11 is 0. The highest BCUT2D eigenvalue weighted by Crippen LogP contribution is 2.01. The Balaban J connectivity index is 3.40. The van der Waals surface area contributed by atoms with Gasteiger partial charge < -0.3 is 9.47 Å². The van der Waals surface area contributed by atoms with Gasteiger partial charge in [0.05, 0.1) is 6.61 Å². The van der Waals surface area contributed by atoms with E-state index in [1.165, 1.54) is 0 Å². The molecule has 0 fully saturated rings. The minimum Gasteiger partial charge on any atom is -0.435 e. The van der Waals surface area contributed by atoms with E-state index < -0.39 is 6.16 Å². The highest BCUT2D eigenvalue weighted by molar-refractivity contribution is 5.59. The van der Waals surface area contributed by atoms with Crippen LogP contribution >= 0.6 is 0 Å². The summed E-state index contributed by atoms with van der Waals surface area (Å²) in [5.41, 5.74) is 0. The summed E-state index contributed by atoms with van der Waals surface area (Å²) in [6.07, 6.45) is 2.05. The summed E-state index contributed by atoms with van der Waals surface area (Å²) in [6.45, 7) is 5.86. The van der Waals surface area contributed by atoms with Gasteiger partial charge in [0.1, 0.15) is 6.10 Å². The molecule has 65 valence electrons. The average Bonchev–Trinajstić information content (AvgIpc) is 1.87. The molecule has 0 aliphatic carbocycles. The van der Waals surface area contributed by atoms with Crippen molar-refractivity contribution in [3.05, 3.63) is 6.42 Å². The maximum atomic E-state index is 10.7. The first-order chi connectivity index (χ1) is 5.20. The van der Waals surface area contributed by atoms with Crippen LogP contribution in [0.5, 0.6) is 0 Å². The summed E-state index contributed by atoms with van der Waals surface area (Å²) in [5.74, 6) is 0. The Morgan fingerprint density at radius 3 is 2.73 bits per heavy atom. The monoisotopic (exact) mass is 159 g/mol. The predicted molar refractivity (Wildman–Crippen MR) is 42.2 cm³/mol. The van der Waals surface area contributed by atoms with E-state index in [4.69, 9.17) is 4.74 Å². The summed E-state index contributed by atoms with van der Waals surface area (Å²) in [7, 11) is 0. The van der Waals surface area contributed by atoms with Gasteiger partial charge in [0.25, 0.3) is 0 Å². The van der Waals surface area contributed by atoms with Gasteiger partial charge in [-0.2, -0.15) is 0 Å². The summed E-state index contributed by atoms with van der Waals surface area (Å²) in [4.78, 5) is 10.7. The molecule has 1 radical (unpaired) electrons. The molecule has 0 saturated heterocycles. The van der Waals surface area contributed by atoms with E-state index in [0.29, 0.717) is 6.61 Å². The number of rotatable bonds is 4. The largest absolute Gasteiger partial charge is 0.508 e. The fraction of sp³-hybridized carbons (Fsp3) is 0.750. The summed E-state index contributed by atoms with van der Waals surface area (Å²) in [6, 6.07) is 0. The van der Waals surface area contributed by atoms with Gasteiger partial charge in [-0.3, -0.25) is 0 Å². The van der Waals surface area contributed by atoms with E-state index in [0.717, 1.165) is 6.42 Å².